The van der Waals surface area contributed by atoms with E-state index >= 15 is 0 Å². The molecule has 2 aromatic carbocycles. The lowest BCUT2D eigenvalue weighted by Gasteiger charge is -2.19. The molecule has 6 nitrogen and oxygen atoms in total. The number of hydrogen-bond donors (Lipinski definition) is 2. The van der Waals surface area contributed by atoms with E-state index < -0.39 is 11.9 Å². The van der Waals surface area contributed by atoms with Gasteiger partial charge in [-0.25, -0.2) is 10.2 Å². The van der Waals surface area contributed by atoms with Crippen LogP contribution in [0.25, 0.3) is 10.4 Å². The molecular formula is C25H25BrN2O4S. The van der Waals surface area contributed by atoms with Gasteiger partial charge in [-0.2, -0.15) is 5.10 Å². The second kappa shape index (κ2) is 9.89. The van der Waals surface area contributed by atoms with Gasteiger partial charge in [0.2, 0.25) is 0 Å². The largest absolute Gasteiger partial charge is 0.506 e. The lowest BCUT2D eigenvalue weighted by molar-refractivity contribution is 0.0600. The maximum atomic E-state index is 12.4. The minimum absolute atomic E-state index is 0.0445. The van der Waals surface area contributed by atoms with Crippen molar-refractivity contribution in [3.05, 3.63) is 74.6 Å². The van der Waals surface area contributed by atoms with Crippen molar-refractivity contribution in [1.29, 1.82) is 0 Å². The molecule has 8 heteroatoms. The number of thiophene rings is 1. The average molecular weight is 529 g/mol. The van der Waals surface area contributed by atoms with Crippen LogP contribution in [0.15, 0.2) is 57.4 Å². The molecule has 172 valence electrons. The zero-order chi connectivity index (χ0) is 24.3. The standard InChI is InChI=1S/C25H25BrN2O4S/c1-14(27-28-23(30)16-6-8-17(9-7-16)24(31)32-5)19-20(29)21(33-22(19)26)15-10-12-18(13-11-15)25(2,3)4/h6-13,29H,1-5H3,(H,28,30). The first-order valence-corrected chi connectivity index (χ1v) is 11.8. The molecular weight excluding hydrogens is 504 g/mol. The van der Waals surface area contributed by atoms with Gasteiger partial charge in [0.15, 0.2) is 0 Å². The smallest absolute Gasteiger partial charge is 0.337 e. The monoisotopic (exact) mass is 528 g/mol. The fourth-order valence-electron chi connectivity index (χ4n) is 3.16. The second-order valence-corrected chi connectivity index (χ2v) is 10.8. The van der Waals surface area contributed by atoms with E-state index in [1.54, 1.807) is 6.92 Å². The minimum Gasteiger partial charge on any atom is -0.506 e. The van der Waals surface area contributed by atoms with E-state index in [1.807, 2.05) is 12.1 Å². The Hall–Kier alpha value is -2.97. The van der Waals surface area contributed by atoms with Gasteiger partial charge in [-0.05, 0) is 63.7 Å². The highest BCUT2D eigenvalue weighted by molar-refractivity contribution is 9.11. The number of aromatic hydroxyl groups is 1. The molecule has 2 N–H and O–H groups in total. The number of amides is 1. The van der Waals surface area contributed by atoms with Gasteiger partial charge in [0, 0.05) is 5.56 Å². The second-order valence-electron chi connectivity index (χ2n) is 8.46. The van der Waals surface area contributed by atoms with Crippen molar-refractivity contribution in [3.8, 4) is 16.2 Å². The zero-order valence-electron chi connectivity index (χ0n) is 19.0. The van der Waals surface area contributed by atoms with Crippen molar-refractivity contribution in [2.24, 2.45) is 5.10 Å². The van der Waals surface area contributed by atoms with Gasteiger partial charge < -0.3 is 9.84 Å². The third kappa shape index (κ3) is 5.51. The number of esters is 1. The fourth-order valence-corrected chi connectivity index (χ4v) is 5.10. The maximum absolute atomic E-state index is 12.4. The molecule has 0 bridgehead atoms. The van der Waals surface area contributed by atoms with E-state index in [4.69, 9.17) is 0 Å². The van der Waals surface area contributed by atoms with Gasteiger partial charge in [0.25, 0.3) is 5.91 Å². The molecule has 0 aliphatic rings. The van der Waals surface area contributed by atoms with Crippen molar-refractivity contribution >= 4 is 44.9 Å². The number of carbonyl (C=O) groups excluding carboxylic acids is 2. The predicted molar refractivity (Wildman–Crippen MR) is 135 cm³/mol. The van der Waals surface area contributed by atoms with Crippen LogP contribution in [0.5, 0.6) is 5.75 Å². The summed E-state index contributed by atoms with van der Waals surface area (Å²) in [5.41, 5.74) is 6.32. The minimum atomic E-state index is -0.475. The molecule has 0 radical (unpaired) electrons. The number of nitrogens with one attached hydrogen (secondary N) is 1. The Kier molecular flexibility index (Phi) is 7.39. The third-order valence-electron chi connectivity index (χ3n) is 5.11. The molecule has 0 saturated carbocycles. The van der Waals surface area contributed by atoms with Gasteiger partial charge in [0.1, 0.15) is 5.75 Å². The topological polar surface area (TPSA) is 88.0 Å². The summed E-state index contributed by atoms with van der Waals surface area (Å²) < 4.78 is 5.37. The molecule has 0 spiro atoms. The SMILES string of the molecule is COC(=O)c1ccc(C(=O)NN=C(C)c2c(Br)sc(-c3ccc(C(C)(C)C)cc3)c2O)cc1. The number of methoxy groups -OCH3 is 1. The number of nitrogens with zero attached hydrogens (tertiary/aromatic N) is 1. The summed E-state index contributed by atoms with van der Waals surface area (Å²) in [6.45, 7) is 8.17. The first kappa shape index (κ1) is 24.7. The summed E-state index contributed by atoms with van der Waals surface area (Å²) in [4.78, 5) is 24.7. The number of hydrazone groups is 1. The van der Waals surface area contributed by atoms with E-state index in [1.165, 1.54) is 48.3 Å². The lowest BCUT2D eigenvalue weighted by Crippen LogP contribution is -2.19. The Bertz CT molecular complexity index is 1210. The number of rotatable bonds is 5. The average Bonchev–Trinajstić information content (AvgIpc) is 3.10. The van der Waals surface area contributed by atoms with E-state index in [0.29, 0.717) is 26.2 Å². The fraction of sp³-hybridized carbons (Fsp3) is 0.240. The van der Waals surface area contributed by atoms with Gasteiger partial charge in [0.05, 0.1) is 32.6 Å². The van der Waals surface area contributed by atoms with Crippen LogP contribution in [0.4, 0.5) is 0 Å². The van der Waals surface area contributed by atoms with E-state index in [9.17, 15) is 14.7 Å². The Morgan fingerprint density at radius 3 is 2.15 bits per heavy atom. The highest BCUT2D eigenvalue weighted by atomic mass is 79.9. The Labute approximate surface area is 205 Å². The molecule has 0 aliphatic carbocycles. The number of carbonyl (C=O) groups is 2. The number of ether oxygens (including phenoxy) is 1. The quantitative estimate of drug-likeness (QED) is 0.237. The highest BCUT2D eigenvalue weighted by Gasteiger charge is 2.21. The number of hydrogen-bond acceptors (Lipinski definition) is 6. The molecule has 1 amide bonds. The Morgan fingerprint density at radius 1 is 1.03 bits per heavy atom. The highest BCUT2D eigenvalue weighted by Crippen LogP contribution is 2.45. The van der Waals surface area contributed by atoms with Crippen molar-refractivity contribution in [3.63, 3.8) is 0 Å². The normalized spacial score (nSPS) is 11.9. The summed E-state index contributed by atoms with van der Waals surface area (Å²) >= 11 is 4.92. The lowest BCUT2D eigenvalue weighted by atomic mass is 9.86. The number of benzene rings is 2. The van der Waals surface area contributed by atoms with Crippen molar-refractivity contribution in [2.45, 2.75) is 33.1 Å². The van der Waals surface area contributed by atoms with Gasteiger partial charge >= 0.3 is 5.97 Å². The van der Waals surface area contributed by atoms with E-state index in [0.717, 1.165) is 10.4 Å². The van der Waals surface area contributed by atoms with Gasteiger partial charge in [-0.1, -0.05) is 45.0 Å². The number of halogens is 1. The van der Waals surface area contributed by atoms with Gasteiger partial charge in [-0.3, -0.25) is 4.79 Å². The van der Waals surface area contributed by atoms with Crippen molar-refractivity contribution in [1.82, 2.24) is 5.43 Å². The summed E-state index contributed by atoms with van der Waals surface area (Å²) in [5.74, 6) is -0.805. The predicted octanol–water partition coefficient (Wildman–Crippen LogP) is 6.12. The van der Waals surface area contributed by atoms with Crippen LogP contribution in [0.1, 0.15) is 59.5 Å². The first-order chi connectivity index (χ1) is 15.5. The van der Waals surface area contributed by atoms with Crippen LogP contribution in [0, 0.1) is 0 Å². The van der Waals surface area contributed by atoms with Crippen LogP contribution in [-0.2, 0) is 10.2 Å². The van der Waals surface area contributed by atoms with Crippen LogP contribution >= 0.6 is 27.3 Å². The molecule has 1 heterocycles. The Morgan fingerprint density at radius 2 is 1.61 bits per heavy atom. The van der Waals surface area contributed by atoms with E-state index in [-0.39, 0.29) is 11.2 Å². The molecule has 3 rings (SSSR count). The molecule has 3 aromatic rings. The van der Waals surface area contributed by atoms with Crippen LogP contribution < -0.4 is 5.43 Å². The first-order valence-electron chi connectivity index (χ1n) is 10.2. The molecule has 0 atom stereocenters. The zero-order valence-corrected chi connectivity index (χ0v) is 21.4. The van der Waals surface area contributed by atoms with E-state index in [2.05, 4.69) is 64.1 Å². The van der Waals surface area contributed by atoms with Crippen molar-refractivity contribution < 1.29 is 19.4 Å². The van der Waals surface area contributed by atoms with Crippen LogP contribution in [0.3, 0.4) is 0 Å². The molecule has 1 aromatic heterocycles. The molecule has 0 aliphatic heterocycles. The summed E-state index contributed by atoms with van der Waals surface area (Å²) in [6, 6.07) is 14.2. The van der Waals surface area contributed by atoms with Crippen LogP contribution in [0.2, 0.25) is 0 Å². The molecule has 33 heavy (non-hydrogen) atoms. The van der Waals surface area contributed by atoms with Gasteiger partial charge in [-0.15, -0.1) is 11.3 Å². The maximum Gasteiger partial charge on any atom is 0.337 e. The summed E-state index contributed by atoms with van der Waals surface area (Å²) in [7, 11) is 1.30. The molecule has 0 saturated heterocycles. The Balaban J connectivity index is 1.80. The van der Waals surface area contributed by atoms with Crippen LogP contribution in [-0.4, -0.2) is 29.8 Å². The molecule has 0 unspecified atom stereocenters. The molecule has 0 fully saturated rings. The third-order valence-corrected chi connectivity index (χ3v) is 7.01. The summed E-state index contributed by atoms with van der Waals surface area (Å²) in [6.07, 6.45) is 0. The summed E-state index contributed by atoms with van der Waals surface area (Å²) in [5, 5.41) is 15.1. The van der Waals surface area contributed by atoms with Crippen molar-refractivity contribution in [2.75, 3.05) is 7.11 Å².